The molecule has 4 rings (SSSR count). The van der Waals surface area contributed by atoms with Gasteiger partial charge in [-0.1, -0.05) is 0 Å². The van der Waals surface area contributed by atoms with E-state index in [0.717, 1.165) is 39.9 Å². The van der Waals surface area contributed by atoms with E-state index in [9.17, 15) is 5.11 Å². The maximum atomic E-state index is 9.92. The topological polar surface area (TPSA) is 105 Å². The van der Waals surface area contributed by atoms with Crippen molar-refractivity contribution in [2.75, 3.05) is 12.3 Å². The van der Waals surface area contributed by atoms with Crippen LogP contribution in [0, 0.1) is 0 Å². The molecule has 0 amide bonds. The minimum atomic E-state index is -3.20. The van der Waals surface area contributed by atoms with Gasteiger partial charge in [0, 0.05) is 0 Å². The Morgan fingerprint density at radius 2 is 1.86 bits per heavy atom. The van der Waals surface area contributed by atoms with E-state index >= 15 is 0 Å². The van der Waals surface area contributed by atoms with Crippen LogP contribution in [-0.2, 0) is 10.9 Å². The number of hydrogen-bond donors (Lipinski definition) is 2. The Labute approximate surface area is 170 Å². The fourth-order valence-electron chi connectivity index (χ4n) is 4.32. The molecule has 0 aliphatic carbocycles. The van der Waals surface area contributed by atoms with Gasteiger partial charge in [-0.15, -0.1) is 0 Å². The Morgan fingerprint density at radius 3 is 2.54 bits per heavy atom. The number of unbranched alkanes of at least 4 members (excludes halogenated alkanes) is 2. The first-order valence-electron chi connectivity index (χ1n) is 10.3. The maximum absolute atomic E-state index is 9.92. The van der Waals surface area contributed by atoms with Crippen LogP contribution >= 0.6 is 0 Å². The van der Waals surface area contributed by atoms with Gasteiger partial charge in [-0.3, -0.25) is 0 Å². The van der Waals surface area contributed by atoms with E-state index in [1.807, 2.05) is 16.8 Å². The molecule has 28 heavy (non-hydrogen) atoms. The van der Waals surface area contributed by atoms with E-state index in [0.29, 0.717) is 11.5 Å². The standard InChI is InChI=1S/C11H12N4O4.2C4H9.Sn/c12-9-5-1-2-15(10(5)14-4-13-9)11-8(18)7(17)6(3-16)19-11;2*1-3-4-2;/h1-2,4,6-8,11,16H,3H2,(H2,12,13,14);2*1,3-4H2,2H3;/q-2;;;+2. The van der Waals surface area contributed by atoms with Crippen LogP contribution in [-0.4, -0.2) is 63.8 Å². The van der Waals surface area contributed by atoms with Gasteiger partial charge in [0.2, 0.25) is 0 Å². The summed E-state index contributed by atoms with van der Waals surface area (Å²) >= 11 is -3.20. The molecule has 2 fully saturated rings. The van der Waals surface area contributed by atoms with Crippen LogP contribution in [0.4, 0.5) is 5.82 Å². The summed E-state index contributed by atoms with van der Waals surface area (Å²) in [4.78, 5) is 8.46. The quantitative estimate of drug-likeness (QED) is 0.541. The summed E-state index contributed by atoms with van der Waals surface area (Å²) < 4.78 is 23.7. The number of nitrogen functional groups attached to an aromatic ring is 1. The fraction of sp³-hybridized carbons (Fsp3) is 0.684. The van der Waals surface area contributed by atoms with Crippen molar-refractivity contribution in [1.82, 2.24) is 14.5 Å². The third-order valence-electron chi connectivity index (χ3n) is 5.80. The van der Waals surface area contributed by atoms with E-state index in [1.165, 1.54) is 6.33 Å². The Balaban J connectivity index is 1.66. The zero-order valence-electron chi connectivity index (χ0n) is 16.6. The molecule has 3 N–H and O–H groups in total. The molecule has 8 nitrogen and oxygen atoms in total. The average Bonchev–Trinajstić information content (AvgIpc) is 3.37. The number of fused-ring (bicyclic) bond motifs is 2. The predicted molar refractivity (Wildman–Crippen MR) is 108 cm³/mol. The Hall–Kier alpha value is -0.941. The molecule has 2 aromatic rings. The first-order valence-corrected chi connectivity index (χ1v) is 16.7. The monoisotopic (exact) mass is 498 g/mol. The van der Waals surface area contributed by atoms with Gasteiger partial charge in [0.15, 0.2) is 0 Å². The molecule has 2 aromatic heterocycles. The van der Waals surface area contributed by atoms with Gasteiger partial charge in [-0.2, -0.15) is 0 Å². The number of aliphatic hydroxyl groups is 1. The molecule has 0 bridgehead atoms. The molecule has 4 atom stereocenters. The van der Waals surface area contributed by atoms with Crippen LogP contribution in [0.3, 0.4) is 0 Å². The minimum absolute atomic E-state index is 0.0825. The molecular weight excluding hydrogens is 467 g/mol. The zero-order valence-corrected chi connectivity index (χ0v) is 19.4. The second-order valence-electron chi connectivity index (χ2n) is 7.75. The van der Waals surface area contributed by atoms with Crippen molar-refractivity contribution in [1.29, 1.82) is 0 Å². The summed E-state index contributed by atoms with van der Waals surface area (Å²) in [7, 11) is 0. The van der Waals surface area contributed by atoms with Crippen LogP contribution in [0.2, 0.25) is 8.87 Å². The summed E-state index contributed by atoms with van der Waals surface area (Å²) in [5, 5.41) is 10.7. The fourth-order valence-corrected chi connectivity index (χ4v) is 16.0. The summed E-state index contributed by atoms with van der Waals surface area (Å²) in [6.07, 6.45) is 6.71. The van der Waals surface area contributed by atoms with Gasteiger partial charge in [0.25, 0.3) is 0 Å². The first kappa shape index (κ1) is 20.3. The molecule has 2 saturated heterocycles. The number of aromatic nitrogens is 3. The van der Waals surface area contributed by atoms with Gasteiger partial charge in [-0.05, 0) is 0 Å². The second-order valence-corrected chi connectivity index (χ2v) is 17.1. The van der Waals surface area contributed by atoms with Crippen molar-refractivity contribution in [3.63, 3.8) is 0 Å². The summed E-state index contributed by atoms with van der Waals surface area (Å²) in [6, 6.07) is 1.90. The number of ether oxygens (including phenoxy) is 1. The van der Waals surface area contributed by atoms with Crippen molar-refractivity contribution in [3.05, 3.63) is 18.6 Å². The molecule has 4 heterocycles. The predicted octanol–water partition coefficient (Wildman–Crippen LogP) is 2.73. The van der Waals surface area contributed by atoms with E-state index in [-0.39, 0.29) is 31.1 Å². The number of aliphatic hydroxyl groups excluding tert-OH is 1. The first-order chi connectivity index (χ1) is 13.6. The van der Waals surface area contributed by atoms with Crippen LogP contribution in [0.15, 0.2) is 18.6 Å². The molecular formula is C19H30N4O4Sn. The molecule has 0 radical (unpaired) electrons. The number of rotatable bonds is 8. The van der Waals surface area contributed by atoms with E-state index in [2.05, 4.69) is 23.8 Å². The molecule has 0 aromatic carbocycles. The third-order valence-corrected chi connectivity index (χ3v) is 16.2. The number of nitrogens with two attached hydrogens (primary N) is 1. The van der Waals surface area contributed by atoms with Gasteiger partial charge in [0.05, 0.1) is 0 Å². The zero-order chi connectivity index (χ0) is 19.7. The second kappa shape index (κ2) is 8.43. The van der Waals surface area contributed by atoms with Gasteiger partial charge in [-0.25, -0.2) is 0 Å². The van der Waals surface area contributed by atoms with E-state index in [4.69, 9.17) is 16.6 Å². The average molecular weight is 497 g/mol. The van der Waals surface area contributed by atoms with Crippen molar-refractivity contribution in [2.45, 2.75) is 72.9 Å². The normalized spacial score (nSPS) is 28.8. The van der Waals surface area contributed by atoms with Crippen LogP contribution in [0.25, 0.3) is 11.0 Å². The van der Waals surface area contributed by atoms with E-state index < -0.39 is 19.2 Å². The Bertz CT molecular complexity index is 808. The molecule has 9 heteroatoms. The van der Waals surface area contributed by atoms with Crippen molar-refractivity contribution >= 4 is 36.1 Å². The van der Waals surface area contributed by atoms with Crippen LogP contribution in [0.1, 0.15) is 45.8 Å². The Morgan fingerprint density at radius 1 is 1.14 bits per heavy atom. The molecule has 0 saturated carbocycles. The number of nitrogens with zero attached hydrogens (tertiary/aromatic N) is 3. The summed E-state index contributed by atoms with van der Waals surface area (Å²) in [5.41, 5.74) is 6.71. The molecule has 154 valence electrons. The third kappa shape index (κ3) is 3.53. The van der Waals surface area contributed by atoms with Crippen LogP contribution < -0.4 is 5.73 Å². The van der Waals surface area contributed by atoms with Crippen LogP contribution in [0.5, 0.6) is 0 Å². The SMILES string of the molecule is CCC[CH2][Sn]1([CH2]CCC)[O]C2C(CO)OC(n3ccc4c(N)ncnc43)C2[O]1. The van der Waals surface area contributed by atoms with Crippen molar-refractivity contribution in [3.8, 4) is 0 Å². The summed E-state index contributed by atoms with van der Waals surface area (Å²) in [6.45, 7) is 4.32. The molecule has 0 spiro atoms. The Kier molecular flexibility index (Phi) is 6.12. The summed E-state index contributed by atoms with van der Waals surface area (Å²) in [5.74, 6) is 0.444. The van der Waals surface area contributed by atoms with E-state index in [1.54, 1.807) is 0 Å². The van der Waals surface area contributed by atoms with Gasteiger partial charge in [0.1, 0.15) is 0 Å². The molecule has 2 aliphatic heterocycles. The van der Waals surface area contributed by atoms with Gasteiger partial charge < -0.3 is 0 Å². The number of hydrogen-bond acceptors (Lipinski definition) is 7. The van der Waals surface area contributed by atoms with Crippen molar-refractivity contribution < 1.29 is 16.0 Å². The molecule has 4 unspecified atom stereocenters. The number of anilines is 1. The van der Waals surface area contributed by atoms with Crippen molar-refractivity contribution in [2.24, 2.45) is 0 Å². The molecule has 2 aliphatic rings. The van der Waals surface area contributed by atoms with Gasteiger partial charge >= 0.3 is 170 Å².